The summed E-state index contributed by atoms with van der Waals surface area (Å²) in [5.74, 6) is 1.97. The summed E-state index contributed by atoms with van der Waals surface area (Å²) in [6, 6.07) is 19.1. The molecular formula is C18H23NOS. The number of para-hydroxylation sites is 1. The fourth-order valence-corrected chi connectivity index (χ4v) is 3.26. The Hall–Kier alpha value is -1.45. The van der Waals surface area contributed by atoms with E-state index in [1.54, 1.807) is 0 Å². The van der Waals surface area contributed by atoms with Crippen LogP contribution < -0.4 is 10.1 Å². The van der Waals surface area contributed by atoms with E-state index in [-0.39, 0.29) is 0 Å². The van der Waals surface area contributed by atoms with Crippen LogP contribution >= 0.6 is 11.8 Å². The molecule has 0 bridgehead atoms. The van der Waals surface area contributed by atoms with E-state index in [1.165, 1.54) is 10.5 Å². The molecule has 0 saturated heterocycles. The molecule has 2 aromatic carbocycles. The lowest BCUT2D eigenvalue weighted by Gasteiger charge is -2.21. The maximum Gasteiger partial charge on any atom is 0.124 e. The Kier molecular flexibility index (Phi) is 6.64. The maximum atomic E-state index is 5.77. The first-order valence-electron chi connectivity index (χ1n) is 7.48. The second-order valence-corrected chi connectivity index (χ2v) is 5.80. The third-order valence-electron chi connectivity index (χ3n) is 3.20. The van der Waals surface area contributed by atoms with Gasteiger partial charge in [0.05, 0.1) is 6.61 Å². The van der Waals surface area contributed by atoms with Crippen molar-refractivity contribution < 1.29 is 4.74 Å². The zero-order valence-corrected chi connectivity index (χ0v) is 13.5. The minimum atomic E-state index is 0.294. The fraction of sp³-hybridized carbons (Fsp3) is 0.333. The van der Waals surface area contributed by atoms with E-state index >= 15 is 0 Å². The molecule has 2 rings (SSSR count). The van der Waals surface area contributed by atoms with Gasteiger partial charge in [0.25, 0.3) is 0 Å². The average molecular weight is 301 g/mol. The number of hydrogen-bond acceptors (Lipinski definition) is 3. The Balaban J connectivity index is 2.11. The zero-order chi connectivity index (χ0) is 14.9. The third kappa shape index (κ3) is 4.80. The quantitative estimate of drug-likeness (QED) is 0.724. The van der Waals surface area contributed by atoms with Crippen LogP contribution in [0, 0.1) is 0 Å². The molecule has 3 heteroatoms. The molecule has 0 heterocycles. The van der Waals surface area contributed by atoms with E-state index < -0.39 is 0 Å². The fourth-order valence-electron chi connectivity index (χ4n) is 2.26. The van der Waals surface area contributed by atoms with Crippen molar-refractivity contribution in [1.29, 1.82) is 0 Å². The zero-order valence-electron chi connectivity index (χ0n) is 12.7. The van der Waals surface area contributed by atoms with Crippen molar-refractivity contribution in [3.05, 3.63) is 60.2 Å². The van der Waals surface area contributed by atoms with Gasteiger partial charge in [-0.25, -0.2) is 0 Å². The van der Waals surface area contributed by atoms with E-state index in [1.807, 2.05) is 24.8 Å². The lowest BCUT2D eigenvalue weighted by atomic mass is 10.1. The van der Waals surface area contributed by atoms with Crippen molar-refractivity contribution in [3.8, 4) is 5.75 Å². The van der Waals surface area contributed by atoms with Gasteiger partial charge in [-0.15, -0.1) is 11.8 Å². The Bertz CT molecular complexity index is 530. The van der Waals surface area contributed by atoms with E-state index in [2.05, 4.69) is 60.8 Å². The number of rotatable bonds is 8. The maximum absolute atomic E-state index is 5.77. The molecule has 0 spiro atoms. The molecule has 112 valence electrons. The van der Waals surface area contributed by atoms with E-state index in [9.17, 15) is 0 Å². The molecule has 1 unspecified atom stereocenters. The molecule has 21 heavy (non-hydrogen) atoms. The highest BCUT2D eigenvalue weighted by Gasteiger charge is 2.15. The van der Waals surface area contributed by atoms with Gasteiger partial charge in [0.15, 0.2) is 0 Å². The second kappa shape index (κ2) is 8.75. The first kappa shape index (κ1) is 15.9. The number of thioether (sulfide) groups is 1. The largest absolute Gasteiger partial charge is 0.494 e. The van der Waals surface area contributed by atoms with Crippen LogP contribution in [-0.4, -0.2) is 18.9 Å². The van der Waals surface area contributed by atoms with Gasteiger partial charge < -0.3 is 10.1 Å². The van der Waals surface area contributed by atoms with Crippen molar-refractivity contribution in [2.45, 2.75) is 24.8 Å². The second-order valence-electron chi connectivity index (χ2n) is 4.71. The summed E-state index contributed by atoms with van der Waals surface area (Å²) in [6.07, 6.45) is 0. The van der Waals surface area contributed by atoms with Crippen molar-refractivity contribution in [1.82, 2.24) is 5.32 Å². The van der Waals surface area contributed by atoms with Gasteiger partial charge >= 0.3 is 0 Å². The lowest BCUT2D eigenvalue weighted by Crippen LogP contribution is -2.23. The summed E-state index contributed by atoms with van der Waals surface area (Å²) in [6.45, 7) is 5.81. The topological polar surface area (TPSA) is 21.3 Å². The Labute approximate surface area is 131 Å². The molecule has 1 atom stereocenters. The molecular weight excluding hydrogens is 278 g/mol. The summed E-state index contributed by atoms with van der Waals surface area (Å²) in [7, 11) is 0. The molecule has 0 amide bonds. The first-order valence-corrected chi connectivity index (χ1v) is 8.46. The van der Waals surface area contributed by atoms with E-state index in [0.29, 0.717) is 12.6 Å². The molecule has 0 aliphatic carbocycles. The average Bonchev–Trinajstić information content (AvgIpc) is 2.53. The summed E-state index contributed by atoms with van der Waals surface area (Å²) < 4.78 is 5.77. The van der Waals surface area contributed by atoms with Crippen molar-refractivity contribution >= 4 is 11.8 Å². The predicted octanol–water partition coefficient (Wildman–Crippen LogP) is 4.53. The number of benzene rings is 2. The van der Waals surface area contributed by atoms with Crippen molar-refractivity contribution in [3.63, 3.8) is 0 Å². The van der Waals surface area contributed by atoms with Gasteiger partial charge in [-0.05, 0) is 31.7 Å². The van der Waals surface area contributed by atoms with E-state index in [0.717, 1.165) is 18.0 Å². The van der Waals surface area contributed by atoms with Crippen molar-refractivity contribution in [2.24, 2.45) is 0 Å². The lowest BCUT2D eigenvalue weighted by molar-refractivity contribution is 0.333. The highest BCUT2D eigenvalue weighted by molar-refractivity contribution is 7.99. The Morgan fingerprint density at radius 3 is 2.43 bits per heavy atom. The standard InChI is InChI=1S/C18H23NOS/c1-3-19-17(14-21-15-10-6-5-7-11-15)16-12-8-9-13-18(16)20-4-2/h5-13,17,19H,3-4,14H2,1-2H3. The summed E-state index contributed by atoms with van der Waals surface area (Å²) in [4.78, 5) is 1.30. The van der Waals surface area contributed by atoms with Gasteiger partial charge in [-0.1, -0.05) is 43.3 Å². The monoisotopic (exact) mass is 301 g/mol. The van der Waals surface area contributed by atoms with Crippen LogP contribution in [0.25, 0.3) is 0 Å². The SMILES string of the molecule is CCNC(CSc1ccccc1)c1ccccc1OCC. The normalized spacial score (nSPS) is 12.1. The minimum Gasteiger partial charge on any atom is -0.494 e. The van der Waals surface area contributed by atoms with Gasteiger partial charge in [0, 0.05) is 22.3 Å². The van der Waals surface area contributed by atoms with Crippen LogP contribution in [0.5, 0.6) is 5.75 Å². The summed E-state index contributed by atoms with van der Waals surface area (Å²) >= 11 is 1.87. The molecule has 2 nitrogen and oxygen atoms in total. The van der Waals surface area contributed by atoms with Crippen LogP contribution in [0.2, 0.25) is 0 Å². The first-order chi connectivity index (χ1) is 10.3. The van der Waals surface area contributed by atoms with E-state index in [4.69, 9.17) is 4.74 Å². The Morgan fingerprint density at radius 2 is 1.71 bits per heavy atom. The molecule has 0 fully saturated rings. The van der Waals surface area contributed by atoms with Gasteiger partial charge in [0.1, 0.15) is 5.75 Å². The van der Waals surface area contributed by atoms with Crippen LogP contribution in [0.15, 0.2) is 59.5 Å². The van der Waals surface area contributed by atoms with Gasteiger partial charge in [-0.3, -0.25) is 0 Å². The van der Waals surface area contributed by atoms with Crippen LogP contribution in [0.4, 0.5) is 0 Å². The Morgan fingerprint density at radius 1 is 1.00 bits per heavy atom. The van der Waals surface area contributed by atoms with Crippen molar-refractivity contribution in [2.75, 3.05) is 18.9 Å². The molecule has 0 saturated carbocycles. The molecule has 0 aliphatic heterocycles. The van der Waals surface area contributed by atoms with Crippen LogP contribution in [-0.2, 0) is 0 Å². The minimum absolute atomic E-state index is 0.294. The number of nitrogens with one attached hydrogen (secondary N) is 1. The highest BCUT2D eigenvalue weighted by atomic mass is 32.2. The van der Waals surface area contributed by atoms with Crippen LogP contribution in [0.3, 0.4) is 0 Å². The molecule has 0 radical (unpaired) electrons. The highest BCUT2D eigenvalue weighted by Crippen LogP contribution is 2.30. The van der Waals surface area contributed by atoms with Crippen LogP contribution in [0.1, 0.15) is 25.5 Å². The molecule has 0 aromatic heterocycles. The molecule has 2 aromatic rings. The number of hydrogen-bond donors (Lipinski definition) is 1. The third-order valence-corrected chi connectivity index (χ3v) is 4.31. The smallest absolute Gasteiger partial charge is 0.124 e. The summed E-state index contributed by atoms with van der Waals surface area (Å²) in [5.41, 5.74) is 1.24. The predicted molar refractivity (Wildman–Crippen MR) is 91.2 cm³/mol. The van der Waals surface area contributed by atoms with Gasteiger partial charge in [0.2, 0.25) is 0 Å². The van der Waals surface area contributed by atoms with Gasteiger partial charge in [-0.2, -0.15) is 0 Å². The summed E-state index contributed by atoms with van der Waals surface area (Å²) in [5, 5.41) is 3.57. The molecule has 1 N–H and O–H groups in total. The number of ether oxygens (including phenoxy) is 1. The molecule has 0 aliphatic rings.